The molecule has 0 spiro atoms. The zero-order valence-corrected chi connectivity index (χ0v) is 15.6. The van der Waals surface area contributed by atoms with Crippen LogP contribution in [-0.4, -0.2) is 42.2 Å². The molecule has 1 N–H and O–H groups in total. The minimum Gasteiger partial charge on any atom is -0.342 e. The monoisotopic (exact) mass is 374 g/mol. The second-order valence-electron chi connectivity index (χ2n) is 6.12. The lowest BCUT2D eigenvalue weighted by molar-refractivity contribution is -0.137. The summed E-state index contributed by atoms with van der Waals surface area (Å²) in [6, 6.07) is 8.05. The molecule has 0 atom stereocenters. The van der Waals surface area contributed by atoms with Gasteiger partial charge >= 0.3 is 0 Å². The van der Waals surface area contributed by atoms with E-state index in [0.29, 0.717) is 11.2 Å². The fraction of sp³-hybridized carbons (Fsp3) is 0.588. The smallest absolute Gasteiger partial charge is 0.225 e. The first-order valence-electron chi connectivity index (χ1n) is 8.14. The lowest BCUT2D eigenvalue weighted by Crippen LogP contribution is -2.45. The number of rotatable bonds is 3. The lowest BCUT2D eigenvalue weighted by atomic mass is 9.95. The van der Waals surface area contributed by atoms with E-state index in [2.05, 4.69) is 22.3 Å². The van der Waals surface area contributed by atoms with Gasteiger partial charge in [-0.05, 0) is 63.0 Å². The lowest BCUT2D eigenvalue weighted by Gasteiger charge is -2.35. The molecule has 128 valence electrons. The molecule has 6 heteroatoms. The fourth-order valence-electron chi connectivity index (χ4n) is 3.23. The third-order valence-corrected chi connectivity index (χ3v) is 6.16. The van der Waals surface area contributed by atoms with Crippen molar-refractivity contribution in [1.29, 1.82) is 0 Å². The van der Waals surface area contributed by atoms with Gasteiger partial charge in [-0.1, -0.05) is 11.6 Å². The van der Waals surface area contributed by atoms with Crippen LogP contribution in [0.4, 0.5) is 0 Å². The van der Waals surface area contributed by atoms with Crippen LogP contribution in [0.2, 0.25) is 5.02 Å². The summed E-state index contributed by atoms with van der Waals surface area (Å²) in [4.78, 5) is 15.9. The summed E-state index contributed by atoms with van der Waals surface area (Å²) in [6.45, 7) is 3.79. The number of halogens is 2. The first-order valence-corrected chi connectivity index (χ1v) is 9.40. The SMILES string of the molecule is Cl.O=C(C1CCNCC1)N1CCC(Sc2ccc(Cl)cc2)CC1. The summed E-state index contributed by atoms with van der Waals surface area (Å²) in [5.74, 6) is 0.637. The molecule has 1 amide bonds. The molecule has 2 fully saturated rings. The molecule has 0 unspecified atom stereocenters. The standard InChI is InChI=1S/C17H23ClN2OS.ClH/c18-14-1-3-15(4-2-14)22-16-7-11-20(12-8-16)17(21)13-5-9-19-10-6-13;/h1-4,13,16,19H,5-12H2;1H. The van der Waals surface area contributed by atoms with Crippen molar-refractivity contribution in [3.63, 3.8) is 0 Å². The quantitative estimate of drug-likeness (QED) is 0.871. The summed E-state index contributed by atoms with van der Waals surface area (Å²) in [5, 5.41) is 4.72. The van der Waals surface area contributed by atoms with Crippen molar-refractivity contribution in [2.24, 2.45) is 5.92 Å². The Labute approximate surface area is 153 Å². The Hall–Kier alpha value is -0.420. The first kappa shape index (κ1) is 18.9. The Bertz CT molecular complexity index is 498. The molecular weight excluding hydrogens is 351 g/mol. The van der Waals surface area contributed by atoms with Gasteiger partial charge in [-0.25, -0.2) is 0 Å². The van der Waals surface area contributed by atoms with Crippen LogP contribution < -0.4 is 5.32 Å². The van der Waals surface area contributed by atoms with Crippen molar-refractivity contribution in [3.05, 3.63) is 29.3 Å². The third-order valence-electron chi connectivity index (χ3n) is 4.56. The predicted octanol–water partition coefficient (Wildman–Crippen LogP) is 3.84. The molecule has 2 heterocycles. The topological polar surface area (TPSA) is 32.3 Å². The van der Waals surface area contributed by atoms with E-state index in [9.17, 15) is 4.79 Å². The van der Waals surface area contributed by atoms with Crippen LogP contribution in [0.15, 0.2) is 29.2 Å². The number of carbonyl (C=O) groups is 1. The molecule has 23 heavy (non-hydrogen) atoms. The molecule has 2 saturated heterocycles. The van der Waals surface area contributed by atoms with Crippen molar-refractivity contribution < 1.29 is 4.79 Å². The average molecular weight is 375 g/mol. The summed E-state index contributed by atoms with van der Waals surface area (Å²) in [5.41, 5.74) is 0. The highest BCUT2D eigenvalue weighted by Gasteiger charge is 2.29. The van der Waals surface area contributed by atoms with Gasteiger partial charge in [0.15, 0.2) is 0 Å². The van der Waals surface area contributed by atoms with E-state index in [1.165, 1.54) is 4.90 Å². The zero-order chi connectivity index (χ0) is 15.4. The van der Waals surface area contributed by atoms with Crippen LogP contribution in [0, 0.1) is 5.92 Å². The summed E-state index contributed by atoms with van der Waals surface area (Å²) >= 11 is 7.84. The summed E-state index contributed by atoms with van der Waals surface area (Å²) < 4.78 is 0. The number of carbonyl (C=O) groups excluding carboxylic acids is 1. The van der Waals surface area contributed by atoms with Crippen LogP contribution in [-0.2, 0) is 4.79 Å². The number of nitrogens with zero attached hydrogens (tertiary/aromatic N) is 1. The van der Waals surface area contributed by atoms with Crippen molar-refractivity contribution in [2.75, 3.05) is 26.2 Å². The second kappa shape index (κ2) is 9.16. The minimum absolute atomic E-state index is 0. The van der Waals surface area contributed by atoms with Gasteiger partial charge in [-0.3, -0.25) is 4.79 Å². The van der Waals surface area contributed by atoms with Crippen molar-refractivity contribution >= 4 is 41.7 Å². The molecule has 1 aromatic rings. The van der Waals surface area contributed by atoms with Gasteiger partial charge < -0.3 is 10.2 Å². The van der Waals surface area contributed by atoms with Gasteiger partial charge in [0, 0.05) is 34.2 Å². The summed E-state index contributed by atoms with van der Waals surface area (Å²) in [6.07, 6.45) is 4.17. The number of nitrogens with one attached hydrogen (secondary N) is 1. The predicted molar refractivity (Wildman–Crippen MR) is 99.8 cm³/mol. The highest BCUT2D eigenvalue weighted by atomic mass is 35.5. The maximum absolute atomic E-state index is 12.5. The molecule has 0 aromatic heterocycles. The van der Waals surface area contributed by atoms with E-state index in [1.54, 1.807) is 0 Å². The number of piperidine rings is 2. The van der Waals surface area contributed by atoms with E-state index >= 15 is 0 Å². The molecule has 0 aliphatic carbocycles. The van der Waals surface area contributed by atoms with Crippen molar-refractivity contribution in [2.45, 2.75) is 35.8 Å². The molecular formula is C17H24Cl2N2OS. The molecule has 2 aliphatic rings. The highest BCUT2D eigenvalue weighted by Crippen LogP contribution is 2.31. The third kappa shape index (κ3) is 5.28. The number of thioether (sulfide) groups is 1. The van der Waals surface area contributed by atoms with E-state index in [0.717, 1.165) is 56.9 Å². The van der Waals surface area contributed by atoms with E-state index < -0.39 is 0 Å². The normalized spacial score (nSPS) is 20.1. The Morgan fingerprint density at radius 3 is 2.30 bits per heavy atom. The number of amides is 1. The first-order chi connectivity index (χ1) is 10.7. The van der Waals surface area contributed by atoms with Gasteiger partial charge in [-0.15, -0.1) is 24.2 Å². The molecule has 0 saturated carbocycles. The van der Waals surface area contributed by atoms with Crippen molar-refractivity contribution in [3.8, 4) is 0 Å². The summed E-state index contributed by atoms with van der Waals surface area (Å²) in [7, 11) is 0. The molecule has 3 rings (SSSR count). The number of hydrogen-bond acceptors (Lipinski definition) is 3. The Kier molecular flexibility index (Phi) is 7.54. The highest BCUT2D eigenvalue weighted by molar-refractivity contribution is 8.00. The average Bonchev–Trinajstić information content (AvgIpc) is 2.58. The van der Waals surface area contributed by atoms with E-state index in [4.69, 9.17) is 11.6 Å². The van der Waals surface area contributed by atoms with Crippen LogP contribution in [0.5, 0.6) is 0 Å². The molecule has 1 aromatic carbocycles. The maximum atomic E-state index is 12.5. The fourth-order valence-corrected chi connectivity index (χ4v) is 4.48. The minimum atomic E-state index is 0. The number of hydrogen-bond donors (Lipinski definition) is 1. The van der Waals surface area contributed by atoms with Gasteiger partial charge in [0.1, 0.15) is 0 Å². The Morgan fingerprint density at radius 1 is 1.09 bits per heavy atom. The van der Waals surface area contributed by atoms with Crippen LogP contribution in [0.25, 0.3) is 0 Å². The van der Waals surface area contributed by atoms with Gasteiger partial charge in [0.25, 0.3) is 0 Å². The van der Waals surface area contributed by atoms with Gasteiger partial charge in [0.2, 0.25) is 5.91 Å². The second-order valence-corrected chi connectivity index (χ2v) is 7.93. The Balaban J connectivity index is 0.00000192. The maximum Gasteiger partial charge on any atom is 0.225 e. The van der Waals surface area contributed by atoms with Crippen molar-refractivity contribution in [1.82, 2.24) is 10.2 Å². The van der Waals surface area contributed by atoms with Gasteiger partial charge in [0.05, 0.1) is 0 Å². The van der Waals surface area contributed by atoms with E-state index in [1.807, 2.05) is 23.9 Å². The molecule has 2 aliphatic heterocycles. The largest absolute Gasteiger partial charge is 0.342 e. The van der Waals surface area contributed by atoms with E-state index in [-0.39, 0.29) is 18.3 Å². The van der Waals surface area contributed by atoms with Gasteiger partial charge in [-0.2, -0.15) is 0 Å². The molecule has 3 nitrogen and oxygen atoms in total. The van der Waals surface area contributed by atoms with Crippen LogP contribution in [0.3, 0.4) is 0 Å². The molecule has 0 bridgehead atoms. The number of benzene rings is 1. The number of likely N-dealkylation sites (tertiary alicyclic amines) is 1. The molecule has 0 radical (unpaired) electrons. The van der Waals surface area contributed by atoms with Crippen LogP contribution >= 0.6 is 35.8 Å². The zero-order valence-electron chi connectivity index (χ0n) is 13.2. The van der Waals surface area contributed by atoms with Crippen LogP contribution in [0.1, 0.15) is 25.7 Å². The Morgan fingerprint density at radius 2 is 1.70 bits per heavy atom.